The van der Waals surface area contributed by atoms with E-state index in [9.17, 15) is 10.1 Å². The van der Waals surface area contributed by atoms with Gasteiger partial charge in [-0.2, -0.15) is 0 Å². The number of nitrogens with zero attached hydrogens (tertiary/aromatic N) is 1. The number of aliphatic hydroxyl groups is 1. The van der Waals surface area contributed by atoms with E-state index in [2.05, 4.69) is 0 Å². The molecule has 0 aliphatic carbocycles. The number of carbonyl (C=O) groups excluding carboxylic acids is 1. The van der Waals surface area contributed by atoms with E-state index in [0.717, 1.165) is 6.92 Å². The van der Waals surface area contributed by atoms with Crippen molar-refractivity contribution in [2.75, 3.05) is 0 Å². The summed E-state index contributed by atoms with van der Waals surface area (Å²) in [5, 5.41) is 27.7. The van der Waals surface area contributed by atoms with E-state index < -0.39 is 10.9 Å². The van der Waals surface area contributed by atoms with Crippen molar-refractivity contribution >= 4 is 11.7 Å². The number of aliphatic hydroxyl groups excluding tert-OH is 1. The molecule has 0 atom stereocenters. The van der Waals surface area contributed by atoms with Crippen LogP contribution in [-0.4, -0.2) is 16.0 Å². The minimum absolute atomic E-state index is 0. The average Bonchev–Trinajstić information content (AvgIpc) is 2.17. The van der Waals surface area contributed by atoms with Gasteiger partial charge in [-0.3, -0.25) is 10.1 Å². The van der Waals surface area contributed by atoms with Gasteiger partial charge in [-0.15, -0.1) is 0 Å². The standard InChI is InChI=1S/C7H7NO3.C2H4O2.Na/c9-5-6-2-1-3-7(4-6)8(10)11;1-2(3)4;/h1-4,9H,5H2;1H3,(H,3,4);/q;;+1/p-1. The van der Waals surface area contributed by atoms with Crippen LogP contribution in [0.1, 0.15) is 12.5 Å². The fraction of sp³-hybridized carbons (Fsp3) is 0.222. The van der Waals surface area contributed by atoms with Crippen LogP contribution in [0.3, 0.4) is 0 Å². The SMILES string of the molecule is CC(=O)[O-].O=[N+]([O-])c1cccc(CO)c1.[Na+]. The molecule has 0 saturated carbocycles. The van der Waals surface area contributed by atoms with Gasteiger partial charge < -0.3 is 15.0 Å². The topological polar surface area (TPSA) is 104 Å². The van der Waals surface area contributed by atoms with Gasteiger partial charge in [0.15, 0.2) is 0 Å². The molecule has 1 aromatic carbocycles. The number of nitro groups is 1. The average molecular weight is 235 g/mol. The number of hydrogen-bond acceptors (Lipinski definition) is 5. The first kappa shape index (κ1) is 17.4. The molecular weight excluding hydrogens is 225 g/mol. The monoisotopic (exact) mass is 235 g/mol. The third-order valence-electron chi connectivity index (χ3n) is 1.30. The normalized spacial score (nSPS) is 8.12. The second-order valence-electron chi connectivity index (χ2n) is 2.58. The Hall–Kier alpha value is -0.950. The van der Waals surface area contributed by atoms with Crippen LogP contribution in [0.2, 0.25) is 0 Å². The van der Waals surface area contributed by atoms with Crippen molar-refractivity contribution in [3.05, 3.63) is 39.9 Å². The van der Waals surface area contributed by atoms with Crippen LogP contribution < -0.4 is 34.7 Å². The molecule has 7 heteroatoms. The minimum atomic E-state index is -1.08. The summed E-state index contributed by atoms with van der Waals surface area (Å²) in [5.74, 6) is -1.08. The largest absolute Gasteiger partial charge is 1.00 e. The van der Waals surface area contributed by atoms with Gasteiger partial charge in [0, 0.05) is 18.1 Å². The summed E-state index contributed by atoms with van der Waals surface area (Å²) in [6.45, 7) is 0.807. The molecule has 0 unspecified atom stereocenters. The van der Waals surface area contributed by atoms with Crippen LogP contribution >= 0.6 is 0 Å². The molecule has 0 heterocycles. The van der Waals surface area contributed by atoms with Crippen molar-refractivity contribution in [3.63, 3.8) is 0 Å². The fourth-order valence-corrected chi connectivity index (χ4v) is 0.768. The molecule has 6 nitrogen and oxygen atoms in total. The van der Waals surface area contributed by atoms with Crippen molar-refractivity contribution in [2.24, 2.45) is 0 Å². The first-order valence-corrected chi connectivity index (χ1v) is 3.99. The first-order chi connectivity index (χ1) is 6.97. The maximum Gasteiger partial charge on any atom is 1.00 e. The minimum Gasteiger partial charge on any atom is -0.550 e. The van der Waals surface area contributed by atoms with Crippen molar-refractivity contribution in [1.29, 1.82) is 0 Å². The number of rotatable bonds is 2. The summed E-state index contributed by atoms with van der Waals surface area (Å²) in [6, 6.07) is 5.91. The Kier molecular flexibility index (Phi) is 10.1. The molecule has 82 valence electrons. The summed E-state index contributed by atoms with van der Waals surface area (Å²) in [5.41, 5.74) is 0.566. The summed E-state index contributed by atoms with van der Waals surface area (Å²) >= 11 is 0. The Morgan fingerprint density at radius 1 is 1.50 bits per heavy atom. The van der Waals surface area contributed by atoms with Crippen molar-refractivity contribution < 1.29 is 49.5 Å². The van der Waals surface area contributed by atoms with E-state index in [4.69, 9.17) is 15.0 Å². The number of nitro benzene ring substituents is 1. The van der Waals surface area contributed by atoms with Crippen LogP contribution in [0, 0.1) is 10.1 Å². The molecule has 1 N–H and O–H groups in total. The zero-order chi connectivity index (χ0) is 11.8. The predicted octanol–water partition coefficient (Wildman–Crippen LogP) is -3.15. The molecule has 1 rings (SSSR count). The van der Waals surface area contributed by atoms with Gasteiger partial charge in [-0.05, 0) is 12.5 Å². The number of carboxylic acids is 1. The van der Waals surface area contributed by atoms with E-state index in [1.807, 2.05) is 0 Å². The Balaban J connectivity index is 0. The molecule has 0 saturated heterocycles. The fourth-order valence-electron chi connectivity index (χ4n) is 0.768. The number of carbonyl (C=O) groups is 1. The van der Waals surface area contributed by atoms with Crippen LogP contribution in [0.5, 0.6) is 0 Å². The molecule has 0 aromatic heterocycles. The van der Waals surface area contributed by atoms with Gasteiger partial charge in [0.05, 0.1) is 11.5 Å². The first-order valence-electron chi connectivity index (χ1n) is 3.99. The van der Waals surface area contributed by atoms with Gasteiger partial charge >= 0.3 is 29.6 Å². The van der Waals surface area contributed by atoms with E-state index in [0.29, 0.717) is 5.56 Å². The zero-order valence-electron chi connectivity index (χ0n) is 9.04. The van der Waals surface area contributed by atoms with Crippen molar-refractivity contribution in [1.82, 2.24) is 0 Å². The van der Waals surface area contributed by atoms with Crippen LogP contribution in [0.15, 0.2) is 24.3 Å². The summed E-state index contributed by atoms with van der Waals surface area (Å²) in [7, 11) is 0. The van der Waals surface area contributed by atoms with Crippen LogP contribution in [-0.2, 0) is 11.4 Å². The molecule has 1 aromatic rings. The van der Waals surface area contributed by atoms with E-state index >= 15 is 0 Å². The number of benzene rings is 1. The third-order valence-corrected chi connectivity index (χ3v) is 1.30. The third kappa shape index (κ3) is 8.37. The van der Waals surface area contributed by atoms with Gasteiger partial charge in [0.2, 0.25) is 0 Å². The summed E-state index contributed by atoms with van der Waals surface area (Å²) in [6.07, 6.45) is 0. The van der Waals surface area contributed by atoms with Crippen LogP contribution in [0.4, 0.5) is 5.69 Å². The summed E-state index contributed by atoms with van der Waals surface area (Å²) < 4.78 is 0. The van der Waals surface area contributed by atoms with E-state index in [1.54, 1.807) is 12.1 Å². The number of non-ortho nitro benzene ring substituents is 1. The maximum absolute atomic E-state index is 10.2. The molecule has 16 heavy (non-hydrogen) atoms. The second-order valence-corrected chi connectivity index (χ2v) is 2.58. The molecule has 0 aliphatic rings. The van der Waals surface area contributed by atoms with Gasteiger partial charge in [-0.1, -0.05) is 12.1 Å². The van der Waals surface area contributed by atoms with Gasteiger partial charge in [0.25, 0.3) is 5.69 Å². The molecule has 0 amide bonds. The van der Waals surface area contributed by atoms with E-state index in [1.165, 1.54) is 12.1 Å². The number of carboxylic acid groups (broad SMARTS) is 1. The van der Waals surface area contributed by atoms with Gasteiger partial charge in [0.1, 0.15) is 0 Å². The molecule has 0 fully saturated rings. The Labute approximate surface area is 114 Å². The molecule has 0 aliphatic heterocycles. The molecule has 0 spiro atoms. The van der Waals surface area contributed by atoms with Crippen molar-refractivity contribution in [2.45, 2.75) is 13.5 Å². The Bertz CT molecular complexity index is 352. The Morgan fingerprint density at radius 2 is 2.00 bits per heavy atom. The smallest absolute Gasteiger partial charge is 0.550 e. The quantitative estimate of drug-likeness (QED) is 0.331. The number of hydrogen-bond donors (Lipinski definition) is 1. The second kappa shape index (κ2) is 9.29. The summed E-state index contributed by atoms with van der Waals surface area (Å²) in [4.78, 5) is 18.6. The molecule has 0 radical (unpaired) electrons. The zero-order valence-corrected chi connectivity index (χ0v) is 11.0. The number of aliphatic carboxylic acids is 1. The van der Waals surface area contributed by atoms with Gasteiger partial charge in [-0.25, -0.2) is 0 Å². The van der Waals surface area contributed by atoms with Crippen molar-refractivity contribution in [3.8, 4) is 0 Å². The predicted molar refractivity (Wildman–Crippen MR) is 49.7 cm³/mol. The van der Waals surface area contributed by atoms with Crippen LogP contribution in [0.25, 0.3) is 0 Å². The maximum atomic E-state index is 10.2. The van der Waals surface area contributed by atoms with E-state index in [-0.39, 0.29) is 41.9 Å². The molecular formula is C9H10NNaO5. The Morgan fingerprint density at radius 3 is 2.38 bits per heavy atom. The molecule has 0 bridgehead atoms.